The average molecular weight is 830 g/mol. The number of hydrogen-bond acceptors (Lipinski definition) is 4. The van der Waals surface area contributed by atoms with Gasteiger partial charge in [-0.2, -0.15) is 0 Å². The minimum atomic E-state index is 0.568. The van der Waals surface area contributed by atoms with Crippen molar-refractivity contribution in [3.63, 3.8) is 0 Å². The van der Waals surface area contributed by atoms with Crippen LogP contribution in [0, 0.1) is 0 Å². The summed E-state index contributed by atoms with van der Waals surface area (Å²) in [5, 5.41) is 4.30. The Morgan fingerprint density at radius 2 is 0.708 bits per heavy atom. The van der Waals surface area contributed by atoms with Crippen LogP contribution in [0.4, 0.5) is 0 Å². The summed E-state index contributed by atoms with van der Waals surface area (Å²) in [5.41, 5.74) is 15.8. The summed E-state index contributed by atoms with van der Waals surface area (Å²) in [6, 6.07) is 82.9. The molecule has 2 heterocycles. The van der Waals surface area contributed by atoms with E-state index in [9.17, 15) is 0 Å². The van der Waals surface area contributed by atoms with Gasteiger partial charge >= 0.3 is 0 Å². The molecule has 10 aromatic carbocycles. The van der Waals surface area contributed by atoms with Crippen molar-refractivity contribution in [2.24, 2.45) is 0 Å². The van der Waals surface area contributed by atoms with E-state index in [0.29, 0.717) is 17.5 Å². The minimum Gasteiger partial charge on any atom is -0.456 e. The van der Waals surface area contributed by atoms with Crippen molar-refractivity contribution in [3.8, 4) is 89.8 Å². The van der Waals surface area contributed by atoms with Crippen LogP contribution in [0.15, 0.2) is 241 Å². The van der Waals surface area contributed by atoms with E-state index in [2.05, 4.69) is 231 Å². The third-order valence-corrected chi connectivity index (χ3v) is 12.4. The zero-order valence-corrected chi connectivity index (χ0v) is 35.3. The highest BCUT2D eigenvalue weighted by Crippen LogP contribution is 2.43. The van der Waals surface area contributed by atoms with Crippen molar-refractivity contribution in [3.05, 3.63) is 237 Å². The lowest BCUT2D eigenvalue weighted by atomic mass is 9.89. The fourth-order valence-electron chi connectivity index (χ4n) is 9.20. The quantitative estimate of drug-likeness (QED) is 0.153. The second kappa shape index (κ2) is 16.2. The molecule has 0 atom stereocenters. The molecule has 0 saturated carbocycles. The van der Waals surface area contributed by atoms with Crippen LogP contribution in [0.1, 0.15) is 0 Å². The van der Waals surface area contributed by atoms with Crippen molar-refractivity contribution >= 4 is 32.7 Å². The molecule has 12 aromatic rings. The zero-order chi connectivity index (χ0) is 43.1. The first-order valence-corrected chi connectivity index (χ1v) is 21.9. The van der Waals surface area contributed by atoms with Gasteiger partial charge in [-0.15, -0.1) is 0 Å². The molecular formula is C61H39N3O. The molecule has 0 aliphatic heterocycles. The maximum atomic E-state index is 6.74. The van der Waals surface area contributed by atoms with Crippen LogP contribution in [-0.4, -0.2) is 15.0 Å². The molecule has 0 aliphatic rings. The number of aromatic nitrogens is 3. The first-order chi connectivity index (χ1) is 32.2. The summed E-state index contributed by atoms with van der Waals surface area (Å²) in [6.07, 6.45) is 0. The van der Waals surface area contributed by atoms with E-state index < -0.39 is 0 Å². The summed E-state index contributed by atoms with van der Waals surface area (Å²) in [5.74, 6) is 1.77. The largest absolute Gasteiger partial charge is 0.456 e. The molecule has 0 saturated heterocycles. The Hall–Kier alpha value is -8.73. The van der Waals surface area contributed by atoms with Gasteiger partial charge in [-0.3, -0.25) is 0 Å². The number of benzene rings is 10. The summed E-state index contributed by atoms with van der Waals surface area (Å²) in [4.78, 5) is 15.7. The van der Waals surface area contributed by atoms with Gasteiger partial charge in [0.25, 0.3) is 0 Å². The molecule has 65 heavy (non-hydrogen) atoms. The van der Waals surface area contributed by atoms with E-state index in [4.69, 9.17) is 19.4 Å². The highest BCUT2D eigenvalue weighted by molar-refractivity contribution is 6.14. The van der Waals surface area contributed by atoms with Crippen LogP contribution < -0.4 is 0 Å². The van der Waals surface area contributed by atoms with Crippen LogP contribution in [-0.2, 0) is 0 Å². The van der Waals surface area contributed by atoms with E-state index in [1.165, 1.54) is 11.1 Å². The number of hydrogen-bond donors (Lipinski definition) is 0. The molecular weight excluding hydrogens is 791 g/mol. The molecule has 2 aromatic heterocycles. The van der Waals surface area contributed by atoms with E-state index in [-0.39, 0.29) is 0 Å². The van der Waals surface area contributed by atoms with Gasteiger partial charge in [-0.05, 0) is 96.7 Å². The molecule has 4 heteroatoms. The van der Waals surface area contributed by atoms with Crippen LogP contribution in [0.2, 0.25) is 0 Å². The Bertz CT molecular complexity index is 3680. The molecule has 0 radical (unpaired) electrons. The maximum absolute atomic E-state index is 6.74. The van der Waals surface area contributed by atoms with Crippen molar-refractivity contribution in [2.75, 3.05) is 0 Å². The Labute approximate surface area is 376 Å². The number of furan rings is 1. The van der Waals surface area contributed by atoms with Gasteiger partial charge in [-0.25, -0.2) is 15.0 Å². The molecule has 0 N–H and O–H groups in total. The van der Waals surface area contributed by atoms with Crippen LogP contribution >= 0.6 is 0 Å². The Morgan fingerprint density at radius 3 is 1.38 bits per heavy atom. The smallest absolute Gasteiger partial charge is 0.164 e. The summed E-state index contributed by atoms with van der Waals surface area (Å²) in [6.45, 7) is 0. The van der Waals surface area contributed by atoms with Crippen molar-refractivity contribution in [2.45, 2.75) is 0 Å². The molecule has 0 aliphatic carbocycles. The van der Waals surface area contributed by atoms with E-state index in [1.54, 1.807) is 0 Å². The lowest BCUT2D eigenvalue weighted by Gasteiger charge is -2.14. The van der Waals surface area contributed by atoms with Crippen LogP contribution in [0.25, 0.3) is 123 Å². The fourth-order valence-corrected chi connectivity index (χ4v) is 9.20. The summed E-state index contributed by atoms with van der Waals surface area (Å²) in [7, 11) is 0. The maximum Gasteiger partial charge on any atom is 0.164 e. The lowest BCUT2D eigenvalue weighted by molar-refractivity contribution is 0.669. The normalized spacial score (nSPS) is 11.4. The van der Waals surface area contributed by atoms with Crippen LogP contribution in [0.3, 0.4) is 0 Å². The Morgan fingerprint density at radius 1 is 0.231 bits per heavy atom. The number of rotatable bonds is 8. The first kappa shape index (κ1) is 38.0. The number of nitrogens with zero attached hydrogens (tertiary/aromatic N) is 3. The second-order valence-corrected chi connectivity index (χ2v) is 16.3. The van der Waals surface area contributed by atoms with Gasteiger partial charge in [0, 0.05) is 27.5 Å². The predicted octanol–water partition coefficient (Wildman–Crippen LogP) is 16.3. The van der Waals surface area contributed by atoms with Gasteiger partial charge in [0.15, 0.2) is 17.5 Å². The van der Waals surface area contributed by atoms with Gasteiger partial charge in [0.2, 0.25) is 0 Å². The van der Waals surface area contributed by atoms with Crippen molar-refractivity contribution in [1.29, 1.82) is 0 Å². The molecule has 0 unspecified atom stereocenters. The molecule has 12 rings (SSSR count). The van der Waals surface area contributed by atoms with E-state index >= 15 is 0 Å². The summed E-state index contributed by atoms with van der Waals surface area (Å²) >= 11 is 0. The molecule has 304 valence electrons. The Kier molecular flexibility index (Phi) is 9.46. The van der Waals surface area contributed by atoms with Gasteiger partial charge in [0.1, 0.15) is 11.2 Å². The first-order valence-electron chi connectivity index (χ1n) is 21.9. The van der Waals surface area contributed by atoms with E-state index in [0.717, 1.165) is 93.9 Å². The predicted molar refractivity (Wildman–Crippen MR) is 268 cm³/mol. The zero-order valence-electron chi connectivity index (χ0n) is 35.3. The van der Waals surface area contributed by atoms with Gasteiger partial charge < -0.3 is 4.42 Å². The standard InChI is InChI=1S/C61H39N3O/c1-5-16-40(17-6-1)42-28-30-45(31-29-42)59-62-60(64-61(63-59)53-37-36-48(43-20-9-3-10-21-43)49-24-13-14-25-50(49)53)47-33-35-54-57(39-47)65-56-27-15-26-52(58(54)56)51-34-32-46(41-18-7-2-8-19-41)38-55(51)44-22-11-4-12-23-44/h1-39H. The molecule has 0 spiro atoms. The molecule has 0 fully saturated rings. The summed E-state index contributed by atoms with van der Waals surface area (Å²) < 4.78 is 6.74. The van der Waals surface area contributed by atoms with Crippen molar-refractivity contribution < 1.29 is 4.42 Å². The SMILES string of the molecule is c1ccc(-c2ccc(-c3nc(-c4ccc5c(c4)oc4cccc(-c6ccc(-c7ccccc7)cc6-c6ccccc6)c45)nc(-c4ccc(-c5ccccc5)c5ccccc45)n3)cc2)cc1. The van der Waals surface area contributed by atoms with Gasteiger partial charge in [0.05, 0.1) is 0 Å². The monoisotopic (exact) mass is 829 g/mol. The fraction of sp³-hybridized carbons (Fsp3) is 0. The minimum absolute atomic E-state index is 0.568. The topological polar surface area (TPSA) is 51.8 Å². The molecule has 4 nitrogen and oxygen atoms in total. The Balaban J connectivity index is 1.01. The lowest BCUT2D eigenvalue weighted by Crippen LogP contribution is -2.01. The highest BCUT2D eigenvalue weighted by Gasteiger charge is 2.20. The van der Waals surface area contributed by atoms with Gasteiger partial charge in [-0.1, -0.05) is 206 Å². The number of fused-ring (bicyclic) bond motifs is 4. The molecule has 0 amide bonds. The van der Waals surface area contributed by atoms with Crippen molar-refractivity contribution in [1.82, 2.24) is 15.0 Å². The molecule has 0 bridgehead atoms. The third kappa shape index (κ3) is 7.04. The second-order valence-electron chi connectivity index (χ2n) is 16.3. The highest BCUT2D eigenvalue weighted by atomic mass is 16.3. The van der Waals surface area contributed by atoms with Crippen LogP contribution in [0.5, 0.6) is 0 Å². The third-order valence-electron chi connectivity index (χ3n) is 12.4. The average Bonchev–Trinajstić information content (AvgIpc) is 3.77. The van der Waals surface area contributed by atoms with E-state index in [1.807, 2.05) is 6.07 Å².